The maximum atomic E-state index is 5.19. The monoisotopic (exact) mass is 855 g/mol. The standard InChI is InChI=1S/C61H53N5/c1-41-29-31-47(32-30-41)57(48-33-37-51(38-34-48)58(62-42(2)44-17-9-6-10-18-44)63-43(3)53-27-15-23-45-19-11-13-25-54(45)53)49-35-39-52(40-36-49)60-64-59(50-21-7-4-5-8-22-50)65-61(66-60)56-28-16-24-46-20-12-14-26-55(46)56/h6,9-10,12-18,20-21,23-40,57H,3-5,7-8,11,19,22H2,1-2H3/b62-42+,63-58-. The number of aryl methyl sites for hydroxylation is 2. The van der Waals surface area contributed by atoms with Gasteiger partial charge in [0.15, 0.2) is 23.3 Å². The summed E-state index contributed by atoms with van der Waals surface area (Å²) in [6.45, 7) is 8.68. The van der Waals surface area contributed by atoms with Crippen molar-refractivity contribution in [2.75, 3.05) is 0 Å². The molecule has 322 valence electrons. The molecule has 1 unspecified atom stereocenters. The Balaban J connectivity index is 1.03. The fourth-order valence-corrected chi connectivity index (χ4v) is 9.36. The Morgan fingerprint density at radius 2 is 1.26 bits per heavy atom. The van der Waals surface area contributed by atoms with Crippen molar-refractivity contribution in [2.45, 2.75) is 64.7 Å². The molecule has 5 heteroatoms. The molecular weight excluding hydrogens is 803 g/mol. The van der Waals surface area contributed by atoms with E-state index in [9.17, 15) is 0 Å². The molecule has 0 spiro atoms. The van der Waals surface area contributed by atoms with Crippen molar-refractivity contribution in [3.8, 4) is 22.8 Å². The molecule has 2 aliphatic rings. The Morgan fingerprint density at radius 1 is 0.576 bits per heavy atom. The molecule has 0 saturated heterocycles. The van der Waals surface area contributed by atoms with E-state index in [0.717, 1.165) is 76.8 Å². The minimum atomic E-state index is -0.0300. The van der Waals surface area contributed by atoms with E-state index in [-0.39, 0.29) is 5.92 Å². The van der Waals surface area contributed by atoms with Crippen molar-refractivity contribution >= 4 is 39.7 Å². The van der Waals surface area contributed by atoms with Gasteiger partial charge in [0, 0.05) is 33.9 Å². The van der Waals surface area contributed by atoms with E-state index in [0.29, 0.717) is 23.2 Å². The van der Waals surface area contributed by atoms with Gasteiger partial charge in [-0.15, -0.1) is 0 Å². The van der Waals surface area contributed by atoms with E-state index in [2.05, 4.69) is 177 Å². The summed E-state index contributed by atoms with van der Waals surface area (Å²) < 4.78 is 0. The van der Waals surface area contributed by atoms with Crippen molar-refractivity contribution < 1.29 is 0 Å². The van der Waals surface area contributed by atoms with E-state index in [1.807, 2.05) is 25.1 Å². The zero-order chi connectivity index (χ0) is 44.8. The second kappa shape index (κ2) is 19.2. The zero-order valence-electron chi connectivity index (χ0n) is 37.8. The number of amidine groups is 1. The van der Waals surface area contributed by atoms with Crippen LogP contribution in [0.1, 0.15) is 107 Å². The van der Waals surface area contributed by atoms with Crippen LogP contribution in [0.5, 0.6) is 0 Å². The van der Waals surface area contributed by atoms with Crippen LogP contribution in [0.4, 0.5) is 0 Å². The Hall–Kier alpha value is -7.63. The van der Waals surface area contributed by atoms with Crippen LogP contribution >= 0.6 is 0 Å². The summed E-state index contributed by atoms with van der Waals surface area (Å²) in [4.78, 5) is 25.9. The van der Waals surface area contributed by atoms with Crippen LogP contribution in [0.25, 0.3) is 50.9 Å². The molecule has 0 bridgehead atoms. The zero-order valence-corrected chi connectivity index (χ0v) is 37.8. The third kappa shape index (κ3) is 9.16. The highest BCUT2D eigenvalue weighted by Gasteiger charge is 2.21. The summed E-state index contributed by atoms with van der Waals surface area (Å²) in [6, 6.07) is 58.0. The highest BCUT2D eigenvalue weighted by atomic mass is 15.0. The molecule has 1 atom stereocenters. The molecule has 7 aromatic carbocycles. The summed E-state index contributed by atoms with van der Waals surface area (Å²) in [5.74, 6) is 2.76. The SMILES string of the molecule is C=C(/N=C(\N=C(/C)c1ccccc1)c1ccc(C(c2ccc(C)cc2)c2ccc(-c3nc(C4=CCCCCC4)nc(-c4cccc5ccccc45)n3)cc2)cc1)c1cccc2c1C=CCC2. The minimum Gasteiger partial charge on any atom is -0.233 e. The van der Waals surface area contributed by atoms with E-state index in [1.54, 1.807) is 0 Å². The quantitative estimate of drug-likeness (QED) is 0.0782. The second-order valence-electron chi connectivity index (χ2n) is 17.5. The molecule has 2 aliphatic carbocycles. The Bertz CT molecular complexity index is 3170. The lowest BCUT2D eigenvalue weighted by Crippen LogP contribution is -2.07. The lowest BCUT2D eigenvalue weighted by Gasteiger charge is -2.20. The van der Waals surface area contributed by atoms with Gasteiger partial charge in [0.25, 0.3) is 0 Å². The molecule has 66 heavy (non-hydrogen) atoms. The van der Waals surface area contributed by atoms with Crippen LogP contribution in [-0.4, -0.2) is 26.5 Å². The number of aliphatic imine (C=N–C) groups is 2. The first-order valence-corrected chi connectivity index (χ1v) is 23.3. The number of benzene rings is 7. The van der Waals surface area contributed by atoms with Gasteiger partial charge in [-0.3, -0.25) is 0 Å². The third-order valence-electron chi connectivity index (χ3n) is 13.0. The van der Waals surface area contributed by atoms with Crippen molar-refractivity contribution in [3.63, 3.8) is 0 Å². The van der Waals surface area contributed by atoms with Crippen LogP contribution < -0.4 is 0 Å². The fourth-order valence-electron chi connectivity index (χ4n) is 9.36. The Labute approximate surface area is 388 Å². The number of allylic oxidation sites excluding steroid dienone is 3. The van der Waals surface area contributed by atoms with Gasteiger partial charge in [-0.2, -0.15) is 0 Å². The summed E-state index contributed by atoms with van der Waals surface area (Å²) in [5.41, 5.74) is 15.1. The highest BCUT2D eigenvalue weighted by molar-refractivity contribution is 6.12. The lowest BCUT2D eigenvalue weighted by atomic mass is 9.84. The largest absolute Gasteiger partial charge is 0.233 e. The van der Waals surface area contributed by atoms with Crippen molar-refractivity contribution in [2.24, 2.45) is 9.98 Å². The number of hydrogen-bond acceptors (Lipinski definition) is 4. The first-order valence-electron chi connectivity index (χ1n) is 23.3. The highest BCUT2D eigenvalue weighted by Crippen LogP contribution is 2.36. The first kappa shape index (κ1) is 42.3. The van der Waals surface area contributed by atoms with Crippen LogP contribution in [0, 0.1) is 6.92 Å². The molecule has 0 fully saturated rings. The van der Waals surface area contributed by atoms with Gasteiger partial charge < -0.3 is 0 Å². The van der Waals surface area contributed by atoms with Crippen LogP contribution in [0.15, 0.2) is 193 Å². The van der Waals surface area contributed by atoms with Gasteiger partial charge in [-0.25, -0.2) is 24.9 Å². The minimum absolute atomic E-state index is 0.0300. The predicted octanol–water partition coefficient (Wildman–Crippen LogP) is 15.1. The van der Waals surface area contributed by atoms with Gasteiger partial charge >= 0.3 is 0 Å². The molecule has 0 radical (unpaired) electrons. The van der Waals surface area contributed by atoms with Gasteiger partial charge in [-0.05, 0) is 102 Å². The van der Waals surface area contributed by atoms with Crippen LogP contribution in [0.2, 0.25) is 0 Å². The van der Waals surface area contributed by atoms with E-state index in [4.69, 9.17) is 24.9 Å². The molecule has 0 N–H and O–H groups in total. The smallest absolute Gasteiger partial charge is 0.164 e. The molecule has 1 heterocycles. The van der Waals surface area contributed by atoms with Crippen LogP contribution in [0.3, 0.4) is 0 Å². The summed E-state index contributed by atoms with van der Waals surface area (Å²) in [6.07, 6.45) is 14.4. The number of fused-ring (bicyclic) bond motifs is 2. The van der Waals surface area contributed by atoms with Crippen molar-refractivity contribution in [1.82, 2.24) is 15.0 Å². The third-order valence-corrected chi connectivity index (χ3v) is 13.0. The predicted molar refractivity (Wildman–Crippen MR) is 276 cm³/mol. The Morgan fingerprint density at radius 3 is 2.06 bits per heavy atom. The summed E-state index contributed by atoms with van der Waals surface area (Å²) >= 11 is 0. The second-order valence-corrected chi connectivity index (χ2v) is 17.5. The lowest BCUT2D eigenvalue weighted by molar-refractivity contribution is 0.719. The van der Waals surface area contributed by atoms with Gasteiger partial charge in [0.2, 0.25) is 0 Å². The number of hydrogen-bond donors (Lipinski definition) is 0. The number of nitrogens with zero attached hydrogens (tertiary/aromatic N) is 5. The average molecular weight is 856 g/mol. The molecular formula is C61H53N5. The van der Waals surface area contributed by atoms with Gasteiger partial charge in [0.1, 0.15) is 0 Å². The van der Waals surface area contributed by atoms with E-state index >= 15 is 0 Å². The molecule has 0 aliphatic heterocycles. The van der Waals surface area contributed by atoms with Gasteiger partial charge in [0.05, 0.1) is 5.70 Å². The summed E-state index contributed by atoms with van der Waals surface area (Å²) in [5, 5.41) is 2.30. The first-order chi connectivity index (χ1) is 32.4. The molecule has 10 rings (SSSR count). The number of aromatic nitrogens is 3. The van der Waals surface area contributed by atoms with E-state index in [1.165, 1.54) is 57.2 Å². The summed E-state index contributed by atoms with van der Waals surface area (Å²) in [7, 11) is 0. The molecule has 5 nitrogen and oxygen atoms in total. The number of rotatable bonds is 10. The normalized spacial score (nSPS) is 14.6. The van der Waals surface area contributed by atoms with Crippen LogP contribution in [-0.2, 0) is 6.42 Å². The molecule has 0 saturated carbocycles. The van der Waals surface area contributed by atoms with Crippen molar-refractivity contribution in [1.29, 1.82) is 0 Å². The van der Waals surface area contributed by atoms with Gasteiger partial charge in [-0.1, -0.05) is 201 Å². The molecule has 0 amide bonds. The topological polar surface area (TPSA) is 63.4 Å². The maximum Gasteiger partial charge on any atom is 0.164 e. The average Bonchev–Trinajstić information content (AvgIpc) is 3.67. The fraction of sp³-hybridized carbons (Fsp3) is 0.164. The molecule has 1 aromatic heterocycles. The van der Waals surface area contributed by atoms with Crippen molar-refractivity contribution in [3.05, 3.63) is 238 Å². The molecule has 8 aromatic rings. The Kier molecular flexibility index (Phi) is 12.3. The van der Waals surface area contributed by atoms with E-state index < -0.39 is 0 Å². The maximum absolute atomic E-state index is 5.19.